The summed E-state index contributed by atoms with van der Waals surface area (Å²) in [5.74, 6) is 3.76. The zero-order chi connectivity index (χ0) is 11.0. The molecule has 16 heavy (non-hydrogen) atoms. The second-order valence-electron chi connectivity index (χ2n) is 6.13. The third kappa shape index (κ3) is 1.87. The molecule has 0 aliphatic heterocycles. The van der Waals surface area contributed by atoms with E-state index in [9.17, 15) is 0 Å². The Morgan fingerprint density at radius 2 is 1.88 bits per heavy atom. The van der Waals surface area contributed by atoms with Crippen molar-refractivity contribution in [3.05, 3.63) is 24.3 Å². The van der Waals surface area contributed by atoms with Crippen molar-refractivity contribution in [2.45, 2.75) is 51.4 Å². The van der Waals surface area contributed by atoms with E-state index in [1.807, 2.05) is 0 Å². The van der Waals surface area contributed by atoms with Gasteiger partial charge < -0.3 is 0 Å². The molecule has 3 rings (SSSR count). The molecular weight excluding hydrogens is 192 g/mol. The summed E-state index contributed by atoms with van der Waals surface area (Å²) in [6, 6.07) is 0. The highest BCUT2D eigenvalue weighted by molar-refractivity contribution is 5.12. The van der Waals surface area contributed by atoms with Gasteiger partial charge in [-0.2, -0.15) is 0 Å². The van der Waals surface area contributed by atoms with Crippen LogP contribution in [0.3, 0.4) is 0 Å². The van der Waals surface area contributed by atoms with Gasteiger partial charge in [-0.3, -0.25) is 0 Å². The van der Waals surface area contributed by atoms with E-state index >= 15 is 0 Å². The van der Waals surface area contributed by atoms with Crippen molar-refractivity contribution < 1.29 is 0 Å². The summed E-state index contributed by atoms with van der Waals surface area (Å²) >= 11 is 0. The lowest BCUT2D eigenvalue weighted by Gasteiger charge is -2.34. The molecule has 0 amide bonds. The summed E-state index contributed by atoms with van der Waals surface area (Å²) < 4.78 is 0. The highest BCUT2D eigenvalue weighted by Gasteiger charge is 2.37. The minimum atomic E-state index is 0.877. The number of fused-ring (bicyclic) bond motifs is 1. The van der Waals surface area contributed by atoms with Crippen molar-refractivity contribution in [3.63, 3.8) is 0 Å². The van der Waals surface area contributed by atoms with Gasteiger partial charge in [0.1, 0.15) is 0 Å². The maximum absolute atomic E-state index is 4.34. The predicted octanol–water partition coefficient (Wildman–Crippen LogP) is 4.73. The first-order valence-electron chi connectivity index (χ1n) is 7.20. The second kappa shape index (κ2) is 4.39. The first kappa shape index (κ1) is 10.6. The average Bonchev–Trinajstić information content (AvgIpc) is 2.84. The minimum absolute atomic E-state index is 0.877. The van der Waals surface area contributed by atoms with Gasteiger partial charge in [-0.25, -0.2) is 0 Å². The van der Waals surface area contributed by atoms with Gasteiger partial charge in [-0.05, 0) is 62.2 Å². The molecule has 2 saturated carbocycles. The average molecular weight is 216 g/mol. The largest absolute Gasteiger partial charge is 0.0996 e. The summed E-state index contributed by atoms with van der Waals surface area (Å²) in [4.78, 5) is 0. The van der Waals surface area contributed by atoms with E-state index in [0.29, 0.717) is 0 Å². The van der Waals surface area contributed by atoms with Gasteiger partial charge in [-0.1, -0.05) is 37.1 Å². The first-order chi connectivity index (χ1) is 7.84. The Kier molecular flexibility index (Phi) is 2.91. The van der Waals surface area contributed by atoms with E-state index < -0.39 is 0 Å². The molecule has 0 aromatic carbocycles. The van der Waals surface area contributed by atoms with Gasteiger partial charge >= 0.3 is 0 Å². The first-order valence-corrected chi connectivity index (χ1v) is 7.20. The smallest absolute Gasteiger partial charge is 0.0196 e. The van der Waals surface area contributed by atoms with Crippen LogP contribution in [0.5, 0.6) is 0 Å². The quantitative estimate of drug-likeness (QED) is 0.596. The molecule has 0 saturated heterocycles. The van der Waals surface area contributed by atoms with Crippen LogP contribution in [0.15, 0.2) is 24.3 Å². The van der Waals surface area contributed by atoms with Crippen molar-refractivity contribution in [3.8, 4) is 0 Å². The van der Waals surface area contributed by atoms with Gasteiger partial charge in [-0.15, -0.1) is 0 Å². The summed E-state index contributed by atoms with van der Waals surface area (Å²) in [5.41, 5.74) is 1.56. The molecular formula is C16H24. The third-order valence-electron chi connectivity index (χ3n) is 5.27. The summed E-state index contributed by atoms with van der Waals surface area (Å²) in [7, 11) is 0. The van der Waals surface area contributed by atoms with Crippen LogP contribution in [0.2, 0.25) is 0 Å². The molecule has 0 bridgehead atoms. The van der Waals surface area contributed by atoms with Crippen molar-refractivity contribution in [2.24, 2.45) is 23.7 Å². The Labute approximate surface area is 99.8 Å². The van der Waals surface area contributed by atoms with Gasteiger partial charge in [0.15, 0.2) is 0 Å². The zero-order valence-corrected chi connectivity index (χ0v) is 10.3. The molecule has 0 heteroatoms. The fourth-order valence-corrected chi connectivity index (χ4v) is 3.95. The normalized spacial score (nSPS) is 37.4. The number of rotatable bonds is 4. The summed E-state index contributed by atoms with van der Waals surface area (Å²) in [5, 5.41) is 0. The van der Waals surface area contributed by atoms with Crippen LogP contribution in [0, 0.1) is 23.7 Å². The highest BCUT2D eigenvalue weighted by Crippen LogP contribution is 2.48. The number of hydrogen-bond donors (Lipinski definition) is 0. The fraction of sp³-hybridized carbons (Fsp3) is 0.750. The molecule has 88 valence electrons. The van der Waals surface area contributed by atoms with Crippen LogP contribution < -0.4 is 0 Å². The molecule has 0 aromatic heterocycles. The monoisotopic (exact) mass is 216 g/mol. The molecule has 0 heterocycles. The van der Waals surface area contributed by atoms with E-state index in [2.05, 4.69) is 18.7 Å². The van der Waals surface area contributed by atoms with Crippen LogP contribution in [0.1, 0.15) is 51.4 Å². The lowest BCUT2D eigenvalue weighted by atomic mass is 9.70. The minimum Gasteiger partial charge on any atom is -0.0996 e. The molecule has 0 aromatic rings. The lowest BCUT2D eigenvalue weighted by Crippen LogP contribution is -2.25. The van der Waals surface area contributed by atoms with Gasteiger partial charge in [0.2, 0.25) is 0 Å². The van der Waals surface area contributed by atoms with Crippen LogP contribution >= 0.6 is 0 Å². The zero-order valence-electron chi connectivity index (χ0n) is 10.3. The van der Waals surface area contributed by atoms with Crippen molar-refractivity contribution in [1.29, 1.82) is 0 Å². The molecule has 0 N–H and O–H groups in total. The topological polar surface area (TPSA) is 0 Å². The van der Waals surface area contributed by atoms with Gasteiger partial charge in [0.25, 0.3) is 0 Å². The summed E-state index contributed by atoms with van der Waals surface area (Å²) in [6.07, 6.45) is 16.3. The Balaban J connectivity index is 1.45. The molecule has 0 nitrogen and oxygen atoms in total. The van der Waals surface area contributed by atoms with Crippen LogP contribution in [0.25, 0.3) is 0 Å². The molecule has 3 aliphatic rings. The van der Waals surface area contributed by atoms with E-state index in [-0.39, 0.29) is 0 Å². The Bertz CT molecular complexity index is 293. The van der Waals surface area contributed by atoms with Crippen molar-refractivity contribution in [2.75, 3.05) is 0 Å². The predicted molar refractivity (Wildman–Crippen MR) is 69.2 cm³/mol. The van der Waals surface area contributed by atoms with Crippen LogP contribution in [-0.4, -0.2) is 0 Å². The van der Waals surface area contributed by atoms with Crippen LogP contribution in [-0.2, 0) is 0 Å². The molecule has 2 fully saturated rings. The molecule has 0 radical (unpaired) electrons. The van der Waals surface area contributed by atoms with E-state index in [0.717, 1.165) is 23.7 Å². The van der Waals surface area contributed by atoms with Crippen LogP contribution in [0.4, 0.5) is 0 Å². The Morgan fingerprint density at radius 3 is 2.50 bits per heavy atom. The van der Waals surface area contributed by atoms with E-state index in [1.165, 1.54) is 51.4 Å². The van der Waals surface area contributed by atoms with Gasteiger partial charge in [0, 0.05) is 0 Å². The maximum atomic E-state index is 4.34. The lowest BCUT2D eigenvalue weighted by molar-refractivity contribution is 0.185. The summed E-state index contributed by atoms with van der Waals surface area (Å²) in [6.45, 7) is 4.34. The van der Waals surface area contributed by atoms with Gasteiger partial charge in [0.05, 0.1) is 0 Å². The SMILES string of the molecule is C=C(CCC1C=CC2CCC12)C1CCCC1. The third-order valence-corrected chi connectivity index (χ3v) is 5.27. The van der Waals surface area contributed by atoms with Crippen molar-refractivity contribution >= 4 is 0 Å². The molecule has 3 atom stereocenters. The Hall–Kier alpha value is -0.520. The number of allylic oxidation sites excluding steroid dienone is 3. The Morgan fingerprint density at radius 1 is 1.06 bits per heavy atom. The fourth-order valence-electron chi connectivity index (χ4n) is 3.95. The molecule has 3 aliphatic carbocycles. The standard InChI is InChI=1S/C16H24/c1-12(13-4-2-3-5-13)6-7-14-8-9-15-10-11-16(14)15/h8-9,13-16H,1-7,10-11H2. The number of hydrogen-bond acceptors (Lipinski definition) is 0. The van der Waals surface area contributed by atoms with E-state index in [4.69, 9.17) is 0 Å². The van der Waals surface area contributed by atoms with Crippen molar-refractivity contribution in [1.82, 2.24) is 0 Å². The highest BCUT2D eigenvalue weighted by atomic mass is 14.4. The molecule has 3 unspecified atom stereocenters. The second-order valence-corrected chi connectivity index (χ2v) is 6.13. The maximum Gasteiger partial charge on any atom is -0.0196 e. The van der Waals surface area contributed by atoms with E-state index in [1.54, 1.807) is 5.57 Å². The molecule has 0 spiro atoms.